The first-order valence-corrected chi connectivity index (χ1v) is 13.1. The number of nitrogens with zero attached hydrogens (tertiary/aromatic N) is 4. The number of benzene rings is 3. The lowest BCUT2D eigenvalue weighted by atomic mass is 10.1. The number of fused-ring (bicyclic) bond motifs is 2. The van der Waals surface area contributed by atoms with Crippen molar-refractivity contribution in [2.24, 2.45) is 10.7 Å². The van der Waals surface area contributed by atoms with E-state index in [1.54, 1.807) is 51.2 Å². The Hall–Kier alpha value is -5.30. The number of primary amides is 1. The number of nitrogens with two attached hydrogens (primary N) is 2. The molecule has 1 atom stereocenters. The first kappa shape index (κ1) is 29.2. The van der Waals surface area contributed by atoms with Crippen molar-refractivity contribution in [1.82, 2.24) is 19.9 Å². The van der Waals surface area contributed by atoms with Crippen LogP contribution in [-0.4, -0.2) is 45.7 Å². The summed E-state index contributed by atoms with van der Waals surface area (Å²) in [5.41, 5.74) is 13.7. The number of amides is 2. The fourth-order valence-corrected chi connectivity index (χ4v) is 4.54. The van der Waals surface area contributed by atoms with Gasteiger partial charge in [-0.05, 0) is 68.9 Å². The van der Waals surface area contributed by atoms with Crippen LogP contribution in [0.1, 0.15) is 38.8 Å². The summed E-state index contributed by atoms with van der Waals surface area (Å²) in [7, 11) is 1.69. The Bertz CT molecular complexity index is 1930. The SMILES string of the molecule is CNC(C)C=Nc1cc(NC(=O)c2ccc(C)c(-n3c(N)c(C(N)=O)c4nc5ccccc5nc43)c2)cc(C(F)(F)F)c1. The van der Waals surface area contributed by atoms with Crippen LogP contribution in [0.5, 0.6) is 0 Å². The van der Waals surface area contributed by atoms with Crippen LogP contribution in [0.3, 0.4) is 0 Å². The van der Waals surface area contributed by atoms with Crippen LogP contribution in [0.15, 0.2) is 65.7 Å². The minimum atomic E-state index is -4.66. The molecule has 0 fully saturated rings. The summed E-state index contributed by atoms with van der Waals surface area (Å²) in [6.07, 6.45) is -3.20. The van der Waals surface area contributed by atoms with Crippen molar-refractivity contribution in [3.63, 3.8) is 0 Å². The molecule has 0 aliphatic heterocycles. The molecule has 5 aromatic rings. The van der Waals surface area contributed by atoms with Crippen molar-refractivity contribution in [3.8, 4) is 5.69 Å². The summed E-state index contributed by atoms with van der Waals surface area (Å²) in [4.78, 5) is 39.1. The maximum Gasteiger partial charge on any atom is 0.416 e. The van der Waals surface area contributed by atoms with Crippen LogP contribution in [0.2, 0.25) is 0 Å². The van der Waals surface area contributed by atoms with E-state index in [1.807, 2.05) is 0 Å². The number of carbonyl (C=O) groups excluding carboxylic acids is 2. The number of hydrogen-bond acceptors (Lipinski definition) is 7. The molecule has 2 amide bonds. The standard InChI is InChI=1S/C30H27F3N8O2/c1-15-8-9-17(29(43)38-20-12-18(30(31,32)33)11-19(13-20)37-14-16(2)36-3)10-23(15)41-26(34)24(27(35)42)25-28(41)40-22-7-5-4-6-21(22)39-25/h4-14,16,36H,34H2,1-3H3,(H2,35,42)(H,38,43). The molecule has 0 aliphatic rings. The van der Waals surface area contributed by atoms with Crippen LogP contribution in [0.25, 0.3) is 27.9 Å². The molecule has 10 nitrogen and oxygen atoms in total. The third-order valence-electron chi connectivity index (χ3n) is 6.86. The predicted molar refractivity (Wildman–Crippen MR) is 160 cm³/mol. The average Bonchev–Trinajstić information content (AvgIpc) is 3.24. The van der Waals surface area contributed by atoms with Gasteiger partial charge in [0.2, 0.25) is 0 Å². The molecule has 6 N–H and O–H groups in total. The number of aliphatic imine (C=N–C) groups is 1. The highest BCUT2D eigenvalue weighted by molar-refractivity contribution is 6.11. The molecule has 2 aromatic heterocycles. The molecule has 0 spiro atoms. The first-order chi connectivity index (χ1) is 20.4. The topological polar surface area (TPSA) is 153 Å². The quantitative estimate of drug-likeness (QED) is 0.193. The van der Waals surface area contributed by atoms with Gasteiger partial charge in [-0.2, -0.15) is 13.2 Å². The zero-order chi connectivity index (χ0) is 31.1. The van der Waals surface area contributed by atoms with Gasteiger partial charge in [0.15, 0.2) is 5.65 Å². The van der Waals surface area contributed by atoms with Crippen molar-refractivity contribution < 1.29 is 22.8 Å². The maximum atomic E-state index is 13.6. The van der Waals surface area contributed by atoms with Gasteiger partial charge >= 0.3 is 6.18 Å². The molecule has 220 valence electrons. The Morgan fingerprint density at radius 2 is 1.74 bits per heavy atom. The van der Waals surface area contributed by atoms with E-state index in [9.17, 15) is 22.8 Å². The zero-order valence-corrected chi connectivity index (χ0v) is 23.3. The number of alkyl halides is 3. The lowest BCUT2D eigenvalue weighted by molar-refractivity contribution is -0.137. The number of aryl methyl sites for hydroxylation is 1. The fraction of sp³-hybridized carbons (Fsp3) is 0.167. The molecule has 0 saturated carbocycles. The largest absolute Gasteiger partial charge is 0.416 e. The number of carbonyl (C=O) groups is 2. The molecular weight excluding hydrogens is 561 g/mol. The van der Waals surface area contributed by atoms with Crippen molar-refractivity contribution in [2.75, 3.05) is 18.1 Å². The van der Waals surface area contributed by atoms with E-state index >= 15 is 0 Å². The molecule has 0 radical (unpaired) electrons. The van der Waals surface area contributed by atoms with Crippen LogP contribution < -0.4 is 22.1 Å². The minimum absolute atomic E-state index is 0.0188. The second kappa shape index (κ2) is 11.2. The van der Waals surface area contributed by atoms with Crippen LogP contribution in [0, 0.1) is 6.92 Å². The molecule has 13 heteroatoms. The Morgan fingerprint density at radius 1 is 1.05 bits per heavy atom. The van der Waals surface area contributed by atoms with E-state index in [0.717, 1.165) is 12.1 Å². The third-order valence-corrected chi connectivity index (χ3v) is 6.86. The summed E-state index contributed by atoms with van der Waals surface area (Å²) in [5.74, 6) is -1.50. The number of halogens is 3. The van der Waals surface area contributed by atoms with E-state index in [1.165, 1.54) is 29.0 Å². The first-order valence-electron chi connectivity index (χ1n) is 13.1. The van der Waals surface area contributed by atoms with Crippen LogP contribution >= 0.6 is 0 Å². The molecule has 43 heavy (non-hydrogen) atoms. The summed E-state index contributed by atoms with van der Waals surface area (Å²) >= 11 is 0. The zero-order valence-electron chi connectivity index (χ0n) is 23.3. The summed E-state index contributed by atoms with van der Waals surface area (Å²) in [6, 6.07) is 14.6. The lowest BCUT2D eigenvalue weighted by Gasteiger charge is -2.14. The Labute approximate surface area is 243 Å². The predicted octanol–water partition coefficient (Wildman–Crippen LogP) is 5.14. The number of hydrogen-bond donors (Lipinski definition) is 4. The van der Waals surface area contributed by atoms with Gasteiger partial charge in [-0.1, -0.05) is 18.2 Å². The van der Waals surface area contributed by atoms with E-state index in [-0.39, 0.29) is 45.5 Å². The van der Waals surface area contributed by atoms with Crippen molar-refractivity contribution >= 4 is 57.4 Å². The monoisotopic (exact) mass is 588 g/mol. The van der Waals surface area contributed by atoms with E-state index in [4.69, 9.17) is 11.5 Å². The highest BCUT2D eigenvalue weighted by Gasteiger charge is 2.31. The van der Waals surface area contributed by atoms with Gasteiger partial charge in [0.05, 0.1) is 28.0 Å². The Balaban J connectivity index is 1.58. The average molecular weight is 589 g/mol. The molecule has 5 rings (SSSR count). The summed E-state index contributed by atoms with van der Waals surface area (Å²) in [5, 5.41) is 5.46. The van der Waals surface area contributed by atoms with Crippen molar-refractivity contribution in [2.45, 2.75) is 26.1 Å². The Kier molecular flexibility index (Phi) is 7.59. The Morgan fingerprint density at radius 3 is 2.40 bits per heavy atom. The third kappa shape index (κ3) is 5.75. The van der Waals surface area contributed by atoms with E-state index in [0.29, 0.717) is 22.3 Å². The summed E-state index contributed by atoms with van der Waals surface area (Å²) < 4.78 is 42.4. The smallest absolute Gasteiger partial charge is 0.384 e. The number of nitrogens with one attached hydrogen (secondary N) is 2. The van der Waals surface area contributed by atoms with Gasteiger partial charge in [0.25, 0.3) is 11.8 Å². The summed E-state index contributed by atoms with van der Waals surface area (Å²) in [6.45, 7) is 3.56. The second-order valence-corrected chi connectivity index (χ2v) is 9.92. The maximum absolute atomic E-state index is 13.6. The van der Waals surface area contributed by atoms with Crippen LogP contribution in [0.4, 0.5) is 30.4 Å². The highest BCUT2D eigenvalue weighted by atomic mass is 19.4. The highest BCUT2D eigenvalue weighted by Crippen LogP contribution is 2.35. The number of anilines is 2. The molecule has 2 heterocycles. The lowest BCUT2D eigenvalue weighted by Crippen LogP contribution is -2.22. The van der Waals surface area contributed by atoms with Crippen molar-refractivity contribution in [1.29, 1.82) is 0 Å². The van der Waals surface area contributed by atoms with Gasteiger partial charge in [0.1, 0.15) is 16.9 Å². The molecule has 1 unspecified atom stereocenters. The van der Waals surface area contributed by atoms with Gasteiger partial charge in [-0.3, -0.25) is 19.1 Å². The van der Waals surface area contributed by atoms with Gasteiger partial charge in [-0.25, -0.2) is 9.97 Å². The molecule has 0 saturated heterocycles. The van der Waals surface area contributed by atoms with E-state index in [2.05, 4.69) is 25.6 Å². The van der Waals surface area contributed by atoms with E-state index < -0.39 is 23.6 Å². The normalized spacial score (nSPS) is 12.7. The van der Waals surface area contributed by atoms with Gasteiger partial charge in [0, 0.05) is 23.5 Å². The molecule has 3 aromatic carbocycles. The number of nitrogen functional groups attached to an aromatic ring is 1. The van der Waals surface area contributed by atoms with Gasteiger partial charge in [-0.15, -0.1) is 0 Å². The minimum Gasteiger partial charge on any atom is -0.384 e. The number of para-hydroxylation sites is 2. The molecule has 0 bridgehead atoms. The number of aromatic nitrogens is 3. The van der Waals surface area contributed by atoms with Crippen molar-refractivity contribution in [3.05, 3.63) is 82.9 Å². The van der Waals surface area contributed by atoms with Crippen LogP contribution in [-0.2, 0) is 6.18 Å². The van der Waals surface area contributed by atoms with Gasteiger partial charge < -0.3 is 22.1 Å². The molecule has 0 aliphatic carbocycles. The number of rotatable bonds is 7. The fourth-order valence-electron chi connectivity index (χ4n) is 4.54. The molecular formula is C30H27F3N8O2. The second-order valence-electron chi connectivity index (χ2n) is 9.92.